The molecule has 1 fully saturated rings. The van der Waals surface area contributed by atoms with Crippen molar-refractivity contribution in [1.82, 2.24) is 5.32 Å². The third-order valence-electron chi connectivity index (χ3n) is 4.08. The molecule has 1 amide bonds. The summed E-state index contributed by atoms with van der Waals surface area (Å²) in [5, 5.41) is 31.0. The van der Waals surface area contributed by atoms with Crippen LogP contribution in [0.15, 0.2) is 18.2 Å². The van der Waals surface area contributed by atoms with Gasteiger partial charge >= 0.3 is 5.97 Å². The molecule has 0 spiro atoms. The zero-order valence-corrected chi connectivity index (χ0v) is 11.6. The lowest BCUT2D eigenvalue weighted by molar-refractivity contribution is -0.150. The quantitative estimate of drug-likeness (QED) is 0.634. The van der Waals surface area contributed by atoms with Crippen LogP contribution in [0.2, 0.25) is 0 Å². The Labute approximate surface area is 122 Å². The summed E-state index contributed by atoms with van der Waals surface area (Å²) in [5.74, 6) is -1.88. The van der Waals surface area contributed by atoms with Gasteiger partial charge in [0.25, 0.3) is 5.91 Å². The van der Waals surface area contributed by atoms with Crippen molar-refractivity contribution in [3.05, 3.63) is 23.8 Å². The topological polar surface area (TPSA) is 107 Å². The molecule has 0 aliphatic heterocycles. The van der Waals surface area contributed by atoms with Crippen LogP contribution < -0.4 is 5.32 Å². The molecule has 1 aromatic rings. The summed E-state index contributed by atoms with van der Waals surface area (Å²) in [6.07, 6.45) is 3.75. The van der Waals surface area contributed by atoms with Gasteiger partial charge in [0.1, 0.15) is 11.5 Å². The van der Waals surface area contributed by atoms with Gasteiger partial charge in [-0.25, -0.2) is 0 Å². The van der Waals surface area contributed by atoms with Gasteiger partial charge in [0.2, 0.25) is 0 Å². The van der Waals surface area contributed by atoms with Gasteiger partial charge < -0.3 is 20.6 Å². The summed E-state index contributed by atoms with van der Waals surface area (Å²) >= 11 is 0. The molecule has 0 atom stereocenters. The summed E-state index contributed by atoms with van der Waals surface area (Å²) in [7, 11) is 0. The Morgan fingerprint density at radius 2 is 1.81 bits per heavy atom. The summed E-state index contributed by atoms with van der Waals surface area (Å²) in [6.45, 7) is 0.0241. The molecule has 0 aromatic heterocycles. The van der Waals surface area contributed by atoms with Gasteiger partial charge in [-0.05, 0) is 31.0 Å². The number of phenols is 2. The van der Waals surface area contributed by atoms with Crippen LogP contribution in [0.25, 0.3) is 0 Å². The van der Waals surface area contributed by atoms with Crippen molar-refractivity contribution in [3.63, 3.8) is 0 Å². The lowest BCUT2D eigenvalue weighted by Crippen LogP contribution is -2.44. The van der Waals surface area contributed by atoms with E-state index in [0.717, 1.165) is 25.3 Å². The van der Waals surface area contributed by atoms with E-state index in [0.29, 0.717) is 12.8 Å². The molecule has 1 aliphatic rings. The molecule has 1 aliphatic carbocycles. The number of carboxylic acid groups (broad SMARTS) is 1. The van der Waals surface area contributed by atoms with Crippen molar-refractivity contribution in [2.75, 3.05) is 6.54 Å². The predicted molar refractivity (Wildman–Crippen MR) is 75.3 cm³/mol. The lowest BCUT2D eigenvalue weighted by atomic mass is 9.74. The minimum Gasteiger partial charge on any atom is -0.508 e. The number of amides is 1. The molecule has 1 aromatic carbocycles. The minimum atomic E-state index is -0.930. The first kappa shape index (κ1) is 15.2. The Balaban J connectivity index is 2.08. The number of benzene rings is 1. The van der Waals surface area contributed by atoms with E-state index >= 15 is 0 Å². The fourth-order valence-corrected chi connectivity index (χ4v) is 2.75. The largest absolute Gasteiger partial charge is 0.508 e. The highest BCUT2D eigenvalue weighted by Crippen LogP contribution is 2.36. The van der Waals surface area contributed by atoms with E-state index in [-0.39, 0.29) is 23.6 Å². The van der Waals surface area contributed by atoms with Crippen LogP contribution in [0.4, 0.5) is 0 Å². The van der Waals surface area contributed by atoms with Crippen LogP contribution in [-0.2, 0) is 4.79 Å². The fourth-order valence-electron chi connectivity index (χ4n) is 2.75. The highest BCUT2D eigenvalue weighted by atomic mass is 16.4. The second-order valence-corrected chi connectivity index (χ2v) is 5.53. The highest BCUT2D eigenvalue weighted by Gasteiger charge is 2.39. The average Bonchev–Trinajstić information content (AvgIpc) is 2.48. The van der Waals surface area contributed by atoms with Crippen molar-refractivity contribution in [1.29, 1.82) is 0 Å². The lowest BCUT2D eigenvalue weighted by Gasteiger charge is -2.33. The van der Waals surface area contributed by atoms with Crippen LogP contribution >= 0.6 is 0 Å². The van der Waals surface area contributed by atoms with Gasteiger partial charge in [-0.15, -0.1) is 0 Å². The molecule has 0 saturated heterocycles. The number of aromatic hydroxyl groups is 2. The summed E-state index contributed by atoms with van der Waals surface area (Å²) < 4.78 is 0. The standard InChI is InChI=1S/C15H19NO5/c17-10-4-5-12(18)11(8-10)13(19)16-9-15(14(20)21)6-2-1-3-7-15/h4-5,8,17-18H,1-3,6-7,9H2,(H,16,19)(H,20,21). The highest BCUT2D eigenvalue weighted by molar-refractivity contribution is 5.97. The molecule has 1 saturated carbocycles. The van der Waals surface area contributed by atoms with E-state index in [1.54, 1.807) is 0 Å². The first-order valence-corrected chi connectivity index (χ1v) is 6.98. The van der Waals surface area contributed by atoms with Gasteiger partial charge in [-0.3, -0.25) is 9.59 Å². The summed E-state index contributed by atoms with van der Waals surface area (Å²) in [5.41, 5.74) is -0.994. The van der Waals surface area contributed by atoms with E-state index in [9.17, 15) is 24.9 Å². The van der Waals surface area contributed by atoms with Gasteiger partial charge in [0, 0.05) is 6.54 Å². The number of rotatable bonds is 4. The number of aliphatic carboxylic acids is 1. The van der Waals surface area contributed by atoms with Gasteiger partial charge in [0.05, 0.1) is 11.0 Å². The average molecular weight is 293 g/mol. The zero-order chi connectivity index (χ0) is 15.5. The first-order chi connectivity index (χ1) is 9.94. The van der Waals surface area contributed by atoms with E-state index < -0.39 is 17.3 Å². The van der Waals surface area contributed by atoms with E-state index in [4.69, 9.17) is 0 Å². The molecule has 2 rings (SSSR count). The number of phenolic OH excluding ortho intramolecular Hbond substituents is 2. The van der Waals surface area contributed by atoms with Crippen molar-refractivity contribution in [3.8, 4) is 11.5 Å². The second kappa shape index (κ2) is 6.03. The van der Waals surface area contributed by atoms with Gasteiger partial charge in [-0.2, -0.15) is 0 Å². The number of carboxylic acids is 1. The van der Waals surface area contributed by atoms with Crippen molar-refractivity contribution >= 4 is 11.9 Å². The molecule has 114 valence electrons. The van der Waals surface area contributed by atoms with Crippen LogP contribution in [0.1, 0.15) is 42.5 Å². The molecule has 4 N–H and O–H groups in total. The number of nitrogens with one attached hydrogen (secondary N) is 1. The number of hydrogen-bond donors (Lipinski definition) is 4. The predicted octanol–water partition coefficient (Wildman–Crippen LogP) is 1.86. The first-order valence-electron chi connectivity index (χ1n) is 6.98. The Bertz CT molecular complexity index is 549. The Kier molecular flexibility index (Phi) is 4.35. The van der Waals surface area contributed by atoms with Crippen molar-refractivity contribution in [2.45, 2.75) is 32.1 Å². The Morgan fingerprint density at radius 1 is 1.14 bits per heavy atom. The number of carbonyl (C=O) groups excluding carboxylic acids is 1. The fraction of sp³-hybridized carbons (Fsp3) is 0.467. The maximum absolute atomic E-state index is 12.1. The zero-order valence-electron chi connectivity index (χ0n) is 11.6. The van der Waals surface area contributed by atoms with Gasteiger partial charge in [-0.1, -0.05) is 19.3 Å². The SMILES string of the molecule is O=C(NCC1(C(=O)O)CCCCC1)c1cc(O)ccc1O. The molecular formula is C15H19NO5. The Hall–Kier alpha value is -2.24. The normalized spacial score (nSPS) is 17.1. The molecular weight excluding hydrogens is 274 g/mol. The maximum Gasteiger partial charge on any atom is 0.311 e. The monoisotopic (exact) mass is 293 g/mol. The van der Waals surface area contributed by atoms with Crippen LogP contribution in [-0.4, -0.2) is 33.7 Å². The molecule has 6 nitrogen and oxygen atoms in total. The van der Waals surface area contributed by atoms with Crippen LogP contribution in [0.5, 0.6) is 11.5 Å². The molecule has 0 unspecified atom stereocenters. The molecule has 0 bridgehead atoms. The van der Waals surface area contributed by atoms with E-state index in [2.05, 4.69) is 5.32 Å². The van der Waals surface area contributed by atoms with Crippen LogP contribution in [0, 0.1) is 5.41 Å². The summed E-state index contributed by atoms with van der Waals surface area (Å²) in [4.78, 5) is 23.6. The third-order valence-corrected chi connectivity index (χ3v) is 4.08. The molecule has 0 radical (unpaired) electrons. The van der Waals surface area contributed by atoms with Crippen molar-refractivity contribution in [2.24, 2.45) is 5.41 Å². The third kappa shape index (κ3) is 3.26. The smallest absolute Gasteiger partial charge is 0.311 e. The minimum absolute atomic E-state index is 0.0241. The second-order valence-electron chi connectivity index (χ2n) is 5.53. The number of hydrogen-bond acceptors (Lipinski definition) is 4. The van der Waals surface area contributed by atoms with E-state index in [1.807, 2.05) is 0 Å². The van der Waals surface area contributed by atoms with E-state index in [1.165, 1.54) is 12.1 Å². The number of carbonyl (C=O) groups is 2. The van der Waals surface area contributed by atoms with Crippen LogP contribution in [0.3, 0.4) is 0 Å². The molecule has 21 heavy (non-hydrogen) atoms. The Morgan fingerprint density at radius 3 is 2.43 bits per heavy atom. The summed E-state index contributed by atoms with van der Waals surface area (Å²) in [6, 6.07) is 3.64. The van der Waals surface area contributed by atoms with Gasteiger partial charge in [0.15, 0.2) is 0 Å². The maximum atomic E-state index is 12.1. The molecule has 0 heterocycles. The van der Waals surface area contributed by atoms with Crippen molar-refractivity contribution < 1.29 is 24.9 Å². The molecule has 6 heteroatoms.